The maximum atomic E-state index is 12.1. The summed E-state index contributed by atoms with van der Waals surface area (Å²) in [4.78, 5) is 12.1. The predicted octanol–water partition coefficient (Wildman–Crippen LogP) is 3.82. The molecule has 0 aromatic heterocycles. The molecule has 0 spiro atoms. The Bertz CT molecular complexity index is 652. The van der Waals surface area contributed by atoms with Crippen LogP contribution in [0.4, 0.5) is 0 Å². The summed E-state index contributed by atoms with van der Waals surface area (Å²) < 4.78 is 5.68. The second-order valence-corrected chi connectivity index (χ2v) is 5.96. The number of ether oxygens (including phenoxy) is 1. The van der Waals surface area contributed by atoms with Crippen LogP contribution in [0.5, 0.6) is 5.75 Å². The van der Waals surface area contributed by atoms with Crippen molar-refractivity contribution in [1.29, 1.82) is 0 Å². The van der Waals surface area contributed by atoms with Crippen molar-refractivity contribution >= 4 is 5.91 Å². The van der Waals surface area contributed by atoms with E-state index in [1.54, 1.807) is 6.92 Å². The third-order valence-corrected chi connectivity index (χ3v) is 3.70. The first-order valence-electron chi connectivity index (χ1n) is 8.11. The van der Waals surface area contributed by atoms with Gasteiger partial charge < -0.3 is 10.1 Å². The van der Waals surface area contributed by atoms with Crippen LogP contribution in [0.25, 0.3) is 0 Å². The van der Waals surface area contributed by atoms with Gasteiger partial charge in [-0.05, 0) is 56.9 Å². The summed E-state index contributed by atoms with van der Waals surface area (Å²) in [5.74, 6) is 0.656. The predicted molar refractivity (Wildman–Crippen MR) is 93.8 cm³/mol. The molecule has 3 heteroatoms. The molecular weight excluding hydrogens is 286 g/mol. The Morgan fingerprint density at radius 1 is 1.09 bits per heavy atom. The lowest BCUT2D eigenvalue weighted by Gasteiger charge is -2.15. The normalized spacial score (nSPS) is 11.8. The molecule has 0 aliphatic carbocycles. The van der Waals surface area contributed by atoms with Gasteiger partial charge in [0, 0.05) is 6.54 Å². The van der Waals surface area contributed by atoms with Crippen LogP contribution in [-0.4, -0.2) is 18.6 Å². The van der Waals surface area contributed by atoms with Crippen LogP contribution < -0.4 is 10.1 Å². The van der Waals surface area contributed by atoms with Gasteiger partial charge in [0.2, 0.25) is 0 Å². The Morgan fingerprint density at radius 2 is 1.78 bits per heavy atom. The molecule has 0 heterocycles. The Kier molecular flexibility index (Phi) is 6.21. The van der Waals surface area contributed by atoms with E-state index >= 15 is 0 Å². The Balaban J connectivity index is 1.71. The molecule has 0 aliphatic heterocycles. The number of carbonyl (C=O) groups is 1. The van der Waals surface area contributed by atoms with Crippen LogP contribution in [-0.2, 0) is 11.2 Å². The second kappa shape index (κ2) is 8.37. The average Bonchev–Trinajstić information content (AvgIpc) is 2.51. The van der Waals surface area contributed by atoms with Crippen LogP contribution in [0.1, 0.15) is 30.0 Å². The van der Waals surface area contributed by atoms with Gasteiger partial charge in [0.05, 0.1) is 0 Å². The van der Waals surface area contributed by atoms with Gasteiger partial charge in [0.15, 0.2) is 6.10 Å². The summed E-state index contributed by atoms with van der Waals surface area (Å²) in [7, 11) is 0. The molecule has 0 radical (unpaired) electrons. The Hall–Kier alpha value is -2.29. The highest BCUT2D eigenvalue weighted by atomic mass is 16.5. The molecule has 3 nitrogen and oxygen atoms in total. The van der Waals surface area contributed by atoms with Crippen molar-refractivity contribution in [2.75, 3.05) is 6.54 Å². The molecule has 1 atom stereocenters. The van der Waals surface area contributed by atoms with Gasteiger partial charge in [-0.25, -0.2) is 0 Å². The molecule has 1 N–H and O–H groups in total. The fourth-order valence-corrected chi connectivity index (χ4v) is 2.46. The lowest BCUT2D eigenvalue weighted by Crippen LogP contribution is -2.36. The largest absolute Gasteiger partial charge is 0.481 e. The first kappa shape index (κ1) is 17.1. The number of rotatable bonds is 7. The highest BCUT2D eigenvalue weighted by Gasteiger charge is 2.13. The van der Waals surface area contributed by atoms with E-state index in [-0.39, 0.29) is 5.91 Å². The lowest BCUT2D eigenvalue weighted by molar-refractivity contribution is -0.127. The molecule has 2 aromatic carbocycles. The molecule has 0 aliphatic rings. The van der Waals surface area contributed by atoms with Crippen LogP contribution in [0, 0.1) is 13.8 Å². The molecular formula is C20H25NO2. The maximum absolute atomic E-state index is 12.1. The number of aryl methyl sites for hydroxylation is 3. The van der Waals surface area contributed by atoms with Crippen molar-refractivity contribution in [3.8, 4) is 5.75 Å². The molecule has 122 valence electrons. The minimum Gasteiger partial charge on any atom is -0.481 e. The molecule has 2 rings (SSSR count). The first-order chi connectivity index (χ1) is 11.0. The molecule has 0 bridgehead atoms. The highest BCUT2D eigenvalue weighted by Crippen LogP contribution is 2.14. The molecule has 0 unspecified atom stereocenters. The average molecular weight is 311 g/mol. The third-order valence-electron chi connectivity index (χ3n) is 3.70. The number of nitrogens with one attached hydrogen (secondary N) is 1. The van der Waals surface area contributed by atoms with Crippen molar-refractivity contribution in [2.24, 2.45) is 0 Å². The van der Waals surface area contributed by atoms with Gasteiger partial charge in [-0.2, -0.15) is 0 Å². The number of amides is 1. The second-order valence-electron chi connectivity index (χ2n) is 5.96. The van der Waals surface area contributed by atoms with Crippen LogP contribution in [0.3, 0.4) is 0 Å². The third kappa shape index (κ3) is 5.78. The molecule has 0 saturated carbocycles. The number of carbonyl (C=O) groups excluding carboxylic acids is 1. The molecule has 2 aromatic rings. The zero-order valence-corrected chi connectivity index (χ0v) is 14.1. The van der Waals surface area contributed by atoms with Gasteiger partial charge in [-0.3, -0.25) is 4.79 Å². The summed E-state index contributed by atoms with van der Waals surface area (Å²) in [6, 6.07) is 16.2. The number of benzene rings is 2. The van der Waals surface area contributed by atoms with Crippen LogP contribution >= 0.6 is 0 Å². The maximum Gasteiger partial charge on any atom is 0.260 e. The minimum absolute atomic E-state index is 0.0734. The Labute approximate surface area is 138 Å². The number of hydrogen-bond acceptors (Lipinski definition) is 2. The van der Waals surface area contributed by atoms with Crippen molar-refractivity contribution in [3.05, 3.63) is 65.2 Å². The molecule has 0 fully saturated rings. The zero-order valence-electron chi connectivity index (χ0n) is 14.1. The highest BCUT2D eigenvalue weighted by molar-refractivity contribution is 5.80. The van der Waals surface area contributed by atoms with E-state index < -0.39 is 6.10 Å². The summed E-state index contributed by atoms with van der Waals surface area (Å²) in [5, 5.41) is 2.94. The first-order valence-corrected chi connectivity index (χ1v) is 8.11. The van der Waals surface area contributed by atoms with Crippen molar-refractivity contribution < 1.29 is 9.53 Å². The summed E-state index contributed by atoms with van der Waals surface area (Å²) >= 11 is 0. The number of hydrogen-bond donors (Lipinski definition) is 1. The summed E-state index contributed by atoms with van der Waals surface area (Å²) in [5.41, 5.74) is 3.70. The smallest absolute Gasteiger partial charge is 0.260 e. The van der Waals surface area contributed by atoms with Gasteiger partial charge in [-0.1, -0.05) is 42.0 Å². The van der Waals surface area contributed by atoms with E-state index in [1.807, 2.05) is 31.2 Å². The fourth-order valence-electron chi connectivity index (χ4n) is 2.46. The van der Waals surface area contributed by atoms with Crippen LogP contribution in [0.2, 0.25) is 0 Å². The van der Waals surface area contributed by atoms with E-state index in [1.165, 1.54) is 11.1 Å². The standard InChI is InChI=1S/C20H25NO2/c1-15-7-4-9-18(13-15)10-6-12-21-20(22)17(3)23-19-11-5-8-16(2)14-19/h4-5,7-9,11,13-14,17H,6,10,12H2,1-3H3,(H,21,22)/t17-/m0/s1. The van der Waals surface area contributed by atoms with E-state index in [4.69, 9.17) is 4.74 Å². The summed E-state index contributed by atoms with van der Waals surface area (Å²) in [6.07, 6.45) is 1.40. The molecule has 0 saturated heterocycles. The zero-order chi connectivity index (χ0) is 16.7. The SMILES string of the molecule is Cc1cccc(CCCNC(=O)[C@H](C)Oc2cccc(C)c2)c1. The van der Waals surface area contributed by atoms with E-state index in [9.17, 15) is 4.79 Å². The van der Waals surface area contributed by atoms with E-state index in [0.29, 0.717) is 6.54 Å². The quantitative estimate of drug-likeness (QED) is 0.789. The fraction of sp³-hybridized carbons (Fsp3) is 0.350. The summed E-state index contributed by atoms with van der Waals surface area (Å²) in [6.45, 7) is 6.53. The monoisotopic (exact) mass is 311 g/mol. The van der Waals surface area contributed by atoms with Crippen LogP contribution in [0.15, 0.2) is 48.5 Å². The Morgan fingerprint density at radius 3 is 2.48 bits per heavy atom. The van der Waals surface area contributed by atoms with Gasteiger partial charge in [0.1, 0.15) is 5.75 Å². The minimum atomic E-state index is -0.490. The molecule has 1 amide bonds. The van der Waals surface area contributed by atoms with Gasteiger partial charge >= 0.3 is 0 Å². The topological polar surface area (TPSA) is 38.3 Å². The van der Waals surface area contributed by atoms with Crippen molar-refractivity contribution in [1.82, 2.24) is 5.32 Å². The molecule has 23 heavy (non-hydrogen) atoms. The van der Waals surface area contributed by atoms with Crippen molar-refractivity contribution in [3.63, 3.8) is 0 Å². The van der Waals surface area contributed by atoms with E-state index in [0.717, 1.165) is 24.2 Å². The van der Waals surface area contributed by atoms with Gasteiger partial charge in [0.25, 0.3) is 5.91 Å². The van der Waals surface area contributed by atoms with E-state index in [2.05, 4.69) is 36.5 Å². The lowest BCUT2D eigenvalue weighted by atomic mass is 10.1. The van der Waals surface area contributed by atoms with Crippen molar-refractivity contribution in [2.45, 2.75) is 39.7 Å². The van der Waals surface area contributed by atoms with Gasteiger partial charge in [-0.15, -0.1) is 0 Å².